The fraction of sp³-hybridized carbons (Fsp3) is 0.406. The molecule has 4 aliphatic heterocycles. The van der Waals surface area contributed by atoms with Gasteiger partial charge in [0.25, 0.3) is 0 Å². The minimum atomic E-state index is -3.06. The van der Waals surface area contributed by atoms with E-state index in [1.807, 2.05) is 4.90 Å². The van der Waals surface area contributed by atoms with E-state index < -0.39 is 33.2 Å². The highest BCUT2D eigenvalue weighted by atomic mass is 32.2. The van der Waals surface area contributed by atoms with Crippen molar-refractivity contribution in [3.05, 3.63) is 47.7 Å². The number of rotatable bonds is 5. The normalized spacial score (nSPS) is 24.8. The van der Waals surface area contributed by atoms with E-state index in [1.54, 1.807) is 0 Å². The smallest absolute Gasteiger partial charge is 0.319 e. The molecule has 4 aliphatic rings. The van der Waals surface area contributed by atoms with Crippen molar-refractivity contribution in [2.75, 3.05) is 49.2 Å². The molecule has 1 N–H and O–H groups in total. The summed E-state index contributed by atoms with van der Waals surface area (Å²) in [6, 6.07) is 5.20. The van der Waals surface area contributed by atoms with Crippen molar-refractivity contribution in [1.82, 2.24) is 19.9 Å². The average Bonchev–Trinajstić information content (AvgIpc) is 3.49. The molecule has 45 heavy (non-hydrogen) atoms. The van der Waals surface area contributed by atoms with E-state index in [4.69, 9.17) is 11.2 Å². The lowest BCUT2D eigenvalue weighted by Gasteiger charge is -2.55. The number of benzene rings is 2. The van der Waals surface area contributed by atoms with Gasteiger partial charge in [-0.15, -0.1) is 6.42 Å². The van der Waals surface area contributed by atoms with E-state index in [9.17, 15) is 22.3 Å². The monoisotopic (exact) mass is 635 g/mol. The van der Waals surface area contributed by atoms with Gasteiger partial charge < -0.3 is 14.7 Å². The molecule has 0 amide bonds. The average molecular weight is 636 g/mol. The minimum Gasteiger partial charge on any atom is -0.508 e. The summed E-state index contributed by atoms with van der Waals surface area (Å²) in [5, 5.41) is 11.4. The summed E-state index contributed by atoms with van der Waals surface area (Å²) in [5.41, 5.74) is -1.20. The first-order chi connectivity index (χ1) is 21.5. The van der Waals surface area contributed by atoms with Gasteiger partial charge in [0.2, 0.25) is 0 Å². The Morgan fingerprint density at radius 2 is 1.98 bits per heavy atom. The van der Waals surface area contributed by atoms with Crippen LogP contribution >= 0.6 is 0 Å². The molecule has 6 heterocycles. The Morgan fingerprint density at radius 3 is 2.73 bits per heavy atom. The van der Waals surface area contributed by atoms with Crippen molar-refractivity contribution in [3.8, 4) is 35.4 Å². The summed E-state index contributed by atoms with van der Waals surface area (Å²) in [7, 11) is -3.06. The van der Waals surface area contributed by atoms with Crippen LogP contribution in [0.3, 0.4) is 0 Å². The quantitative estimate of drug-likeness (QED) is 0.326. The van der Waals surface area contributed by atoms with Gasteiger partial charge in [-0.3, -0.25) is 9.88 Å². The lowest BCUT2D eigenvalue weighted by atomic mass is 9.83. The molecule has 4 fully saturated rings. The first-order valence-corrected chi connectivity index (χ1v) is 16.6. The zero-order valence-corrected chi connectivity index (χ0v) is 24.9. The van der Waals surface area contributed by atoms with Gasteiger partial charge in [0, 0.05) is 48.6 Å². The molecular formula is C32H28F3N5O4S. The van der Waals surface area contributed by atoms with Crippen LogP contribution in [0, 0.1) is 29.4 Å². The molecule has 9 nitrogen and oxygen atoms in total. The van der Waals surface area contributed by atoms with Gasteiger partial charge >= 0.3 is 6.01 Å². The third kappa shape index (κ3) is 4.40. The van der Waals surface area contributed by atoms with Crippen LogP contribution in [-0.4, -0.2) is 89.4 Å². The van der Waals surface area contributed by atoms with Crippen LogP contribution in [0.1, 0.15) is 24.8 Å². The number of nitrogens with zero attached hydrogens (tertiary/aromatic N) is 5. The lowest BCUT2D eigenvalue weighted by Crippen LogP contribution is -2.68. The van der Waals surface area contributed by atoms with Crippen molar-refractivity contribution in [2.45, 2.75) is 31.0 Å². The number of halogens is 3. The highest BCUT2D eigenvalue weighted by Crippen LogP contribution is 2.46. The van der Waals surface area contributed by atoms with E-state index in [-0.39, 0.29) is 68.4 Å². The molecule has 0 unspecified atom stereocenters. The number of hydrogen-bond donors (Lipinski definition) is 1. The van der Waals surface area contributed by atoms with Crippen LogP contribution in [0.2, 0.25) is 0 Å². The number of ether oxygens (including phenoxy) is 1. The molecule has 2 aromatic heterocycles. The molecule has 13 heteroatoms. The number of anilines is 1. The van der Waals surface area contributed by atoms with Crippen LogP contribution in [0.4, 0.5) is 19.0 Å². The summed E-state index contributed by atoms with van der Waals surface area (Å²) < 4.78 is 75.8. The third-order valence-corrected chi connectivity index (χ3v) is 11.8. The summed E-state index contributed by atoms with van der Waals surface area (Å²) in [6.45, 7) is 2.05. The molecule has 8 rings (SSSR count). The maximum Gasteiger partial charge on any atom is 0.319 e. The first kappa shape index (κ1) is 28.3. The Balaban J connectivity index is 1.25. The highest BCUT2D eigenvalue weighted by Gasteiger charge is 2.56. The topological polar surface area (TPSA) is 109 Å². The number of fused-ring (bicyclic) bond motifs is 3. The Morgan fingerprint density at radius 1 is 1.18 bits per heavy atom. The summed E-state index contributed by atoms with van der Waals surface area (Å²) in [6.07, 6.45) is 8.09. The summed E-state index contributed by atoms with van der Waals surface area (Å²) in [4.78, 5) is 17.4. The highest BCUT2D eigenvalue weighted by molar-refractivity contribution is 7.92. The first-order valence-electron chi connectivity index (χ1n) is 14.7. The number of hydrogen-bond acceptors (Lipinski definition) is 9. The van der Waals surface area contributed by atoms with Gasteiger partial charge in [0.05, 0.1) is 28.0 Å². The Bertz CT molecular complexity index is 2070. The maximum atomic E-state index is 16.6. The Labute approximate surface area is 257 Å². The Hall–Kier alpha value is -4.15. The molecule has 0 radical (unpaired) electrons. The molecule has 2 aromatic carbocycles. The van der Waals surface area contributed by atoms with E-state index in [0.29, 0.717) is 37.3 Å². The third-order valence-electron chi connectivity index (χ3n) is 9.73. The number of phenolic OH excluding ortho intramolecular Hbond substituents is 1. The predicted molar refractivity (Wildman–Crippen MR) is 162 cm³/mol. The van der Waals surface area contributed by atoms with E-state index >= 15 is 4.39 Å². The summed E-state index contributed by atoms with van der Waals surface area (Å²) in [5.74, 6) is 1.12. The standard InChI is InChI=1S/C32H28F3N5O4S/c1-2-21-24(34)5-4-18-8-20(41)9-22(25(18)21)27-26(35)28-23(11-36-27)29(39-13-31(14-39)16-45(42,43)17-31)38-30(37-28)44-15-32-6-3-7-40(32)12-19(33)10-32/h1,4-5,8-9,11,19,41H,3,6-7,10,12-17H2/t19-,32+/m1/s1. The number of aromatic hydroxyl groups is 1. The lowest BCUT2D eigenvalue weighted by molar-refractivity contribution is 0.107. The second-order valence-corrected chi connectivity index (χ2v) is 15.0. The van der Waals surface area contributed by atoms with Gasteiger partial charge in [0.15, 0.2) is 15.7 Å². The largest absolute Gasteiger partial charge is 0.508 e. The summed E-state index contributed by atoms with van der Waals surface area (Å²) >= 11 is 0. The molecule has 0 bridgehead atoms. The maximum absolute atomic E-state index is 16.6. The van der Waals surface area contributed by atoms with Gasteiger partial charge in [-0.05, 0) is 43.0 Å². The number of sulfone groups is 1. The minimum absolute atomic E-state index is 0.0844. The number of phenols is 1. The van der Waals surface area contributed by atoms with Crippen molar-refractivity contribution < 1.29 is 31.4 Å². The van der Waals surface area contributed by atoms with Crippen LogP contribution in [-0.2, 0) is 9.84 Å². The van der Waals surface area contributed by atoms with Crippen LogP contribution in [0.15, 0.2) is 30.5 Å². The van der Waals surface area contributed by atoms with Gasteiger partial charge in [0.1, 0.15) is 41.4 Å². The SMILES string of the molecule is C#Cc1c(F)ccc2cc(O)cc(-c3ncc4c(N5CC6(C5)CS(=O)(=O)C6)nc(OC[C@@]56CCCN5C[C@H](F)C6)nc4c3F)c12. The molecule has 1 spiro atoms. The van der Waals surface area contributed by atoms with Crippen molar-refractivity contribution in [2.24, 2.45) is 5.41 Å². The Kier molecular flexibility index (Phi) is 6.09. The van der Waals surface area contributed by atoms with Crippen molar-refractivity contribution in [3.63, 3.8) is 0 Å². The van der Waals surface area contributed by atoms with Crippen LogP contribution < -0.4 is 9.64 Å². The molecule has 0 aliphatic carbocycles. The van der Waals surface area contributed by atoms with Gasteiger partial charge in [-0.1, -0.05) is 12.0 Å². The predicted octanol–water partition coefficient (Wildman–Crippen LogP) is 4.00. The van der Waals surface area contributed by atoms with E-state index in [2.05, 4.69) is 25.8 Å². The second kappa shape index (κ2) is 9.67. The second-order valence-electron chi connectivity index (χ2n) is 12.9. The van der Waals surface area contributed by atoms with Crippen LogP contribution in [0.5, 0.6) is 11.8 Å². The molecular weight excluding hydrogens is 607 g/mol. The zero-order chi connectivity index (χ0) is 31.3. The number of alkyl halides is 1. The van der Waals surface area contributed by atoms with E-state index in [0.717, 1.165) is 19.4 Å². The van der Waals surface area contributed by atoms with Gasteiger partial charge in [-0.25, -0.2) is 21.6 Å². The fourth-order valence-electron chi connectivity index (χ4n) is 7.90. The number of terminal acetylenes is 1. The number of pyridine rings is 1. The fourth-order valence-corrected chi connectivity index (χ4v) is 10.0. The molecule has 0 saturated carbocycles. The molecule has 4 saturated heterocycles. The van der Waals surface area contributed by atoms with Gasteiger partial charge in [-0.2, -0.15) is 9.97 Å². The van der Waals surface area contributed by atoms with Crippen LogP contribution in [0.25, 0.3) is 32.9 Å². The van der Waals surface area contributed by atoms with Crippen molar-refractivity contribution >= 4 is 37.3 Å². The molecule has 232 valence electrons. The zero-order valence-electron chi connectivity index (χ0n) is 24.1. The van der Waals surface area contributed by atoms with Crippen molar-refractivity contribution in [1.29, 1.82) is 0 Å². The molecule has 4 aromatic rings. The van der Waals surface area contributed by atoms with E-state index in [1.165, 1.54) is 30.5 Å². The molecule has 2 atom stereocenters. The number of aromatic nitrogens is 3.